The molecule has 1 aliphatic rings. The van der Waals surface area contributed by atoms with Crippen molar-refractivity contribution in [3.05, 3.63) is 42.0 Å². The van der Waals surface area contributed by atoms with E-state index in [1.54, 1.807) is 0 Å². The summed E-state index contributed by atoms with van der Waals surface area (Å²) in [5, 5.41) is 0. The lowest BCUT2D eigenvalue weighted by Crippen LogP contribution is -2.13. The fourth-order valence-electron chi connectivity index (χ4n) is 1.71. The van der Waals surface area contributed by atoms with Gasteiger partial charge in [-0.1, -0.05) is 36.9 Å². The maximum atomic E-state index is 6.13. The predicted octanol–water partition coefficient (Wildman–Crippen LogP) is 2.74. The first-order valence-corrected chi connectivity index (χ1v) is 4.80. The van der Waals surface area contributed by atoms with Crippen molar-refractivity contribution in [3.63, 3.8) is 0 Å². The minimum atomic E-state index is 0.217. The van der Waals surface area contributed by atoms with Crippen LogP contribution in [0.1, 0.15) is 30.0 Å². The van der Waals surface area contributed by atoms with E-state index in [1.807, 2.05) is 18.2 Å². The summed E-state index contributed by atoms with van der Waals surface area (Å²) in [5.41, 5.74) is 8.56. The number of hydrogen-bond acceptors (Lipinski definition) is 1. The van der Waals surface area contributed by atoms with Gasteiger partial charge in [0.15, 0.2) is 0 Å². The zero-order chi connectivity index (χ0) is 9.26. The Morgan fingerprint density at radius 3 is 2.69 bits per heavy atom. The molecule has 0 bridgehead atoms. The van der Waals surface area contributed by atoms with Crippen molar-refractivity contribution < 1.29 is 0 Å². The van der Waals surface area contributed by atoms with Crippen molar-refractivity contribution in [2.75, 3.05) is 0 Å². The third kappa shape index (κ3) is 1.65. The van der Waals surface area contributed by atoms with Crippen LogP contribution in [-0.4, -0.2) is 0 Å². The molecule has 1 aromatic rings. The van der Waals surface area contributed by atoms with Gasteiger partial charge in [-0.05, 0) is 29.9 Å². The second-order valence-corrected chi connectivity index (χ2v) is 3.70. The van der Waals surface area contributed by atoms with Crippen LogP contribution >= 0.6 is 0 Å². The summed E-state index contributed by atoms with van der Waals surface area (Å²) in [5.74, 6) is 0.709. The van der Waals surface area contributed by atoms with E-state index in [4.69, 9.17) is 5.73 Å². The van der Waals surface area contributed by atoms with Crippen molar-refractivity contribution in [2.24, 2.45) is 11.7 Å². The third-order valence-electron chi connectivity index (χ3n) is 2.70. The molecule has 0 aromatic heterocycles. The topological polar surface area (TPSA) is 26.0 Å². The van der Waals surface area contributed by atoms with E-state index in [0.717, 1.165) is 0 Å². The third-order valence-corrected chi connectivity index (χ3v) is 2.70. The van der Waals surface area contributed by atoms with E-state index >= 15 is 0 Å². The Hall–Kier alpha value is -1.08. The van der Waals surface area contributed by atoms with E-state index in [-0.39, 0.29) is 6.04 Å². The Kier molecular flexibility index (Phi) is 2.19. The molecule has 0 heterocycles. The molecular formula is C12H15N. The second-order valence-electron chi connectivity index (χ2n) is 3.70. The fraction of sp³-hybridized carbons (Fsp3) is 0.333. The van der Waals surface area contributed by atoms with Gasteiger partial charge in [-0.2, -0.15) is 0 Å². The Bertz CT molecular complexity index is 313. The van der Waals surface area contributed by atoms with Crippen molar-refractivity contribution in [3.8, 4) is 0 Å². The minimum Gasteiger partial charge on any atom is -0.324 e. The molecule has 0 radical (unpaired) electrons. The highest BCUT2D eigenvalue weighted by atomic mass is 14.7. The highest BCUT2D eigenvalue weighted by Crippen LogP contribution is 2.40. The molecule has 1 atom stereocenters. The van der Waals surface area contributed by atoms with Gasteiger partial charge in [0.1, 0.15) is 0 Å². The summed E-state index contributed by atoms with van der Waals surface area (Å²) in [6.45, 7) is 3.80. The molecule has 0 amide bonds. The Labute approximate surface area is 79.3 Å². The first-order valence-electron chi connectivity index (χ1n) is 4.80. The molecular weight excluding hydrogens is 158 g/mol. The molecule has 1 aromatic carbocycles. The van der Waals surface area contributed by atoms with Crippen molar-refractivity contribution >= 4 is 6.08 Å². The summed E-state index contributed by atoms with van der Waals surface area (Å²) >= 11 is 0. The van der Waals surface area contributed by atoms with E-state index < -0.39 is 0 Å². The number of rotatable bonds is 3. The maximum Gasteiger partial charge on any atom is 0.0329 e. The lowest BCUT2D eigenvalue weighted by Gasteiger charge is -2.13. The highest BCUT2D eigenvalue weighted by Gasteiger charge is 2.30. The van der Waals surface area contributed by atoms with Crippen LogP contribution in [0.5, 0.6) is 0 Å². The molecule has 0 saturated heterocycles. The molecule has 1 aliphatic carbocycles. The van der Waals surface area contributed by atoms with E-state index in [1.165, 1.54) is 24.0 Å². The second kappa shape index (κ2) is 3.35. The molecule has 13 heavy (non-hydrogen) atoms. The molecule has 1 nitrogen and oxygen atoms in total. The van der Waals surface area contributed by atoms with Gasteiger partial charge < -0.3 is 5.73 Å². The standard InChI is InChI=1S/C12H15N/c1-2-9-5-3-4-6-11(9)12(13)10-7-8-10/h2-6,10,12H,1,7-8,13H2/t12-/m0/s1. The Morgan fingerprint density at radius 1 is 1.38 bits per heavy atom. The van der Waals surface area contributed by atoms with Crippen LogP contribution in [0, 0.1) is 5.92 Å². The van der Waals surface area contributed by atoms with Crippen molar-refractivity contribution in [2.45, 2.75) is 18.9 Å². The van der Waals surface area contributed by atoms with Gasteiger partial charge in [0.25, 0.3) is 0 Å². The van der Waals surface area contributed by atoms with Gasteiger partial charge in [0, 0.05) is 6.04 Å². The van der Waals surface area contributed by atoms with Crippen LogP contribution in [0.2, 0.25) is 0 Å². The smallest absolute Gasteiger partial charge is 0.0329 e. The van der Waals surface area contributed by atoms with Gasteiger partial charge in [-0.25, -0.2) is 0 Å². The van der Waals surface area contributed by atoms with Gasteiger partial charge in [-0.15, -0.1) is 0 Å². The zero-order valence-electron chi connectivity index (χ0n) is 7.74. The lowest BCUT2D eigenvalue weighted by atomic mass is 9.98. The molecule has 68 valence electrons. The number of benzene rings is 1. The summed E-state index contributed by atoms with van der Waals surface area (Å²) in [7, 11) is 0. The first kappa shape index (κ1) is 8.52. The Balaban J connectivity index is 2.31. The van der Waals surface area contributed by atoms with E-state index in [2.05, 4.69) is 18.7 Å². The quantitative estimate of drug-likeness (QED) is 0.747. The predicted molar refractivity (Wildman–Crippen MR) is 56.2 cm³/mol. The SMILES string of the molecule is C=Cc1ccccc1[C@@H](N)C1CC1. The molecule has 1 saturated carbocycles. The maximum absolute atomic E-state index is 6.13. The lowest BCUT2D eigenvalue weighted by molar-refractivity contribution is 0.632. The summed E-state index contributed by atoms with van der Waals surface area (Å²) in [6, 6.07) is 8.48. The van der Waals surface area contributed by atoms with Crippen LogP contribution in [-0.2, 0) is 0 Å². The highest BCUT2D eigenvalue weighted by molar-refractivity contribution is 5.52. The van der Waals surface area contributed by atoms with Gasteiger partial charge in [-0.3, -0.25) is 0 Å². The molecule has 0 aliphatic heterocycles. The van der Waals surface area contributed by atoms with Crippen LogP contribution in [0.4, 0.5) is 0 Å². The van der Waals surface area contributed by atoms with Crippen LogP contribution < -0.4 is 5.73 Å². The minimum absolute atomic E-state index is 0.217. The monoisotopic (exact) mass is 173 g/mol. The molecule has 0 unspecified atom stereocenters. The Morgan fingerprint density at radius 2 is 2.08 bits per heavy atom. The normalized spacial score (nSPS) is 18.2. The molecule has 1 fully saturated rings. The van der Waals surface area contributed by atoms with Gasteiger partial charge in [0.2, 0.25) is 0 Å². The summed E-state index contributed by atoms with van der Waals surface area (Å²) in [6.07, 6.45) is 4.46. The summed E-state index contributed by atoms with van der Waals surface area (Å²) < 4.78 is 0. The number of nitrogens with two attached hydrogens (primary N) is 1. The van der Waals surface area contributed by atoms with Crippen LogP contribution in [0.25, 0.3) is 6.08 Å². The van der Waals surface area contributed by atoms with E-state index in [9.17, 15) is 0 Å². The fourth-order valence-corrected chi connectivity index (χ4v) is 1.71. The molecule has 1 heteroatoms. The number of hydrogen-bond donors (Lipinski definition) is 1. The van der Waals surface area contributed by atoms with Crippen LogP contribution in [0.15, 0.2) is 30.8 Å². The van der Waals surface area contributed by atoms with Gasteiger partial charge >= 0.3 is 0 Å². The molecule has 2 rings (SSSR count). The molecule has 2 N–H and O–H groups in total. The van der Waals surface area contributed by atoms with E-state index in [0.29, 0.717) is 5.92 Å². The van der Waals surface area contributed by atoms with Crippen molar-refractivity contribution in [1.82, 2.24) is 0 Å². The van der Waals surface area contributed by atoms with Crippen LogP contribution in [0.3, 0.4) is 0 Å². The zero-order valence-corrected chi connectivity index (χ0v) is 7.74. The van der Waals surface area contributed by atoms with Gasteiger partial charge in [0.05, 0.1) is 0 Å². The average Bonchev–Trinajstić information content (AvgIpc) is 3.00. The summed E-state index contributed by atoms with van der Waals surface area (Å²) in [4.78, 5) is 0. The average molecular weight is 173 g/mol. The molecule has 0 spiro atoms. The largest absolute Gasteiger partial charge is 0.324 e. The first-order chi connectivity index (χ1) is 6.33. The van der Waals surface area contributed by atoms with Crippen molar-refractivity contribution in [1.29, 1.82) is 0 Å².